The molecule has 0 aromatic carbocycles. The third kappa shape index (κ3) is 3.85. The second-order valence-corrected chi connectivity index (χ2v) is 8.12. The summed E-state index contributed by atoms with van der Waals surface area (Å²) in [5.41, 5.74) is 3.48. The Kier molecular flexibility index (Phi) is 4.29. The molecule has 1 aliphatic rings. The van der Waals surface area contributed by atoms with Crippen LogP contribution in [0.3, 0.4) is 0 Å². The van der Waals surface area contributed by atoms with Gasteiger partial charge >= 0.3 is 0 Å². The predicted molar refractivity (Wildman–Crippen MR) is 84.6 cm³/mol. The lowest BCUT2D eigenvalue weighted by Gasteiger charge is -2.45. The summed E-state index contributed by atoms with van der Waals surface area (Å²) in [5, 5.41) is 8.31. The molecule has 1 N–H and O–H groups in total. The molecule has 0 atom stereocenters. The first-order valence-electron chi connectivity index (χ1n) is 7.95. The third-order valence-electron chi connectivity index (χ3n) is 4.46. The van der Waals surface area contributed by atoms with Gasteiger partial charge in [0.05, 0.1) is 5.69 Å². The van der Waals surface area contributed by atoms with Crippen LogP contribution < -0.4 is 5.32 Å². The van der Waals surface area contributed by atoms with Crippen molar-refractivity contribution in [1.82, 2.24) is 15.1 Å². The van der Waals surface area contributed by atoms with E-state index in [0.29, 0.717) is 16.9 Å². The Morgan fingerprint density at radius 3 is 2.40 bits per heavy atom. The van der Waals surface area contributed by atoms with Crippen molar-refractivity contribution in [3.63, 3.8) is 0 Å². The molecule has 0 unspecified atom stereocenters. The van der Waals surface area contributed by atoms with Crippen molar-refractivity contribution >= 4 is 0 Å². The van der Waals surface area contributed by atoms with Crippen LogP contribution in [-0.2, 0) is 20.0 Å². The lowest BCUT2D eigenvalue weighted by atomic mass is 9.63. The Morgan fingerprint density at radius 1 is 1.25 bits per heavy atom. The molecule has 0 amide bonds. The molecule has 1 fully saturated rings. The van der Waals surface area contributed by atoms with Gasteiger partial charge in [-0.2, -0.15) is 5.10 Å². The van der Waals surface area contributed by atoms with Gasteiger partial charge in [0.25, 0.3) is 0 Å². The van der Waals surface area contributed by atoms with E-state index in [0.717, 1.165) is 13.0 Å². The van der Waals surface area contributed by atoms with Crippen LogP contribution in [0.25, 0.3) is 0 Å². The van der Waals surface area contributed by atoms with Gasteiger partial charge in [-0.15, -0.1) is 0 Å². The summed E-state index contributed by atoms with van der Waals surface area (Å²) in [6, 6.07) is 0.624. The van der Waals surface area contributed by atoms with Gasteiger partial charge in [0, 0.05) is 31.4 Å². The van der Waals surface area contributed by atoms with Crippen LogP contribution in [0.2, 0.25) is 0 Å². The van der Waals surface area contributed by atoms with Crippen molar-refractivity contribution in [1.29, 1.82) is 0 Å². The molecule has 1 heterocycles. The Balaban J connectivity index is 1.99. The highest BCUT2D eigenvalue weighted by Gasteiger charge is 2.38. The van der Waals surface area contributed by atoms with E-state index in [9.17, 15) is 0 Å². The van der Waals surface area contributed by atoms with Crippen molar-refractivity contribution < 1.29 is 0 Å². The highest BCUT2D eigenvalue weighted by atomic mass is 15.3. The fraction of sp³-hybridized carbons (Fsp3) is 0.824. The minimum atomic E-state index is 0.446. The molecule has 1 saturated carbocycles. The second kappa shape index (κ2) is 5.51. The van der Waals surface area contributed by atoms with Crippen molar-refractivity contribution in [2.24, 2.45) is 17.9 Å². The van der Waals surface area contributed by atoms with Crippen LogP contribution in [-0.4, -0.2) is 15.8 Å². The van der Waals surface area contributed by atoms with E-state index in [1.54, 1.807) is 0 Å². The normalized spacial score (nSPS) is 22.1. The molecule has 114 valence electrons. The summed E-state index contributed by atoms with van der Waals surface area (Å²) < 4.78 is 1.94. The Bertz CT molecular complexity index is 441. The van der Waals surface area contributed by atoms with Crippen LogP contribution in [0.1, 0.15) is 65.1 Å². The fourth-order valence-electron chi connectivity index (χ4n) is 4.27. The molecule has 20 heavy (non-hydrogen) atoms. The van der Waals surface area contributed by atoms with Gasteiger partial charge in [-0.1, -0.05) is 34.6 Å². The van der Waals surface area contributed by atoms with Gasteiger partial charge in [-0.05, 0) is 36.5 Å². The van der Waals surface area contributed by atoms with E-state index in [1.807, 2.05) is 11.7 Å². The standard InChI is InChI=1S/C17H31N3/c1-7-15-13(11-20(6)19-15)10-18-14-8-16(2,3)12-17(4,5)9-14/h11,14,18H,7-10,12H2,1-6H3. The minimum absolute atomic E-state index is 0.446. The SMILES string of the molecule is CCc1nn(C)cc1CNC1CC(C)(C)CC(C)(C)C1. The summed E-state index contributed by atoms with van der Waals surface area (Å²) in [5.74, 6) is 0. The maximum atomic E-state index is 4.53. The zero-order valence-corrected chi connectivity index (χ0v) is 14.1. The first-order chi connectivity index (χ1) is 9.21. The highest BCUT2D eigenvalue weighted by Crippen LogP contribution is 2.45. The lowest BCUT2D eigenvalue weighted by molar-refractivity contribution is 0.0844. The molecule has 3 heteroatoms. The lowest BCUT2D eigenvalue weighted by Crippen LogP contribution is -2.43. The molecule has 1 aromatic heterocycles. The summed E-state index contributed by atoms with van der Waals surface area (Å²) >= 11 is 0. The monoisotopic (exact) mass is 277 g/mol. The van der Waals surface area contributed by atoms with E-state index < -0.39 is 0 Å². The zero-order chi connectivity index (χ0) is 15.0. The quantitative estimate of drug-likeness (QED) is 0.910. The predicted octanol–water partition coefficient (Wildman–Crippen LogP) is 3.68. The number of hydrogen-bond acceptors (Lipinski definition) is 2. The van der Waals surface area contributed by atoms with Crippen molar-refractivity contribution in [2.45, 2.75) is 72.9 Å². The molecule has 2 rings (SSSR count). The van der Waals surface area contributed by atoms with Crippen LogP contribution in [0.15, 0.2) is 6.20 Å². The Labute approximate surface area is 124 Å². The summed E-state index contributed by atoms with van der Waals surface area (Å²) in [7, 11) is 2.01. The molecule has 1 aromatic rings. The summed E-state index contributed by atoms with van der Waals surface area (Å²) in [6.07, 6.45) is 7.05. The summed E-state index contributed by atoms with van der Waals surface area (Å²) in [6.45, 7) is 12.8. The van der Waals surface area contributed by atoms with Gasteiger partial charge in [0.15, 0.2) is 0 Å². The summed E-state index contributed by atoms with van der Waals surface area (Å²) in [4.78, 5) is 0. The maximum Gasteiger partial charge on any atom is 0.0666 e. The van der Waals surface area contributed by atoms with Gasteiger partial charge < -0.3 is 5.32 Å². The van der Waals surface area contributed by atoms with E-state index in [2.05, 4.69) is 51.2 Å². The number of aromatic nitrogens is 2. The van der Waals surface area contributed by atoms with Crippen LogP contribution in [0, 0.1) is 10.8 Å². The number of rotatable bonds is 4. The molecule has 0 radical (unpaired) electrons. The molecule has 0 spiro atoms. The van der Waals surface area contributed by atoms with Gasteiger partial charge in [-0.3, -0.25) is 4.68 Å². The first-order valence-corrected chi connectivity index (χ1v) is 7.95. The Morgan fingerprint density at radius 2 is 1.85 bits per heavy atom. The van der Waals surface area contributed by atoms with Gasteiger partial charge in [0.2, 0.25) is 0 Å². The number of nitrogens with one attached hydrogen (secondary N) is 1. The topological polar surface area (TPSA) is 29.9 Å². The van der Waals surface area contributed by atoms with Gasteiger partial charge in [-0.25, -0.2) is 0 Å². The van der Waals surface area contributed by atoms with E-state index >= 15 is 0 Å². The van der Waals surface area contributed by atoms with E-state index in [1.165, 1.54) is 30.5 Å². The molecular weight excluding hydrogens is 246 g/mol. The molecule has 0 bridgehead atoms. The number of hydrogen-bond donors (Lipinski definition) is 1. The zero-order valence-electron chi connectivity index (χ0n) is 14.1. The third-order valence-corrected chi connectivity index (χ3v) is 4.46. The minimum Gasteiger partial charge on any atom is -0.310 e. The second-order valence-electron chi connectivity index (χ2n) is 8.12. The van der Waals surface area contributed by atoms with E-state index in [-0.39, 0.29) is 0 Å². The smallest absolute Gasteiger partial charge is 0.0666 e. The molecule has 0 saturated heterocycles. The highest BCUT2D eigenvalue weighted by molar-refractivity contribution is 5.17. The van der Waals surface area contributed by atoms with Crippen molar-refractivity contribution in [3.8, 4) is 0 Å². The average Bonchev–Trinajstić information content (AvgIpc) is 2.63. The van der Waals surface area contributed by atoms with Gasteiger partial charge in [0.1, 0.15) is 0 Å². The number of aryl methyl sites for hydroxylation is 2. The molecule has 1 aliphatic carbocycles. The van der Waals surface area contributed by atoms with Crippen LogP contribution in [0.4, 0.5) is 0 Å². The fourth-order valence-corrected chi connectivity index (χ4v) is 4.27. The largest absolute Gasteiger partial charge is 0.310 e. The molecule has 3 nitrogen and oxygen atoms in total. The first kappa shape index (κ1) is 15.6. The van der Waals surface area contributed by atoms with E-state index in [4.69, 9.17) is 0 Å². The van der Waals surface area contributed by atoms with Crippen molar-refractivity contribution in [3.05, 3.63) is 17.5 Å². The number of nitrogens with zero attached hydrogens (tertiary/aromatic N) is 2. The van der Waals surface area contributed by atoms with Crippen LogP contribution >= 0.6 is 0 Å². The molecular formula is C17H31N3. The Hall–Kier alpha value is -0.830. The maximum absolute atomic E-state index is 4.53. The molecule has 0 aliphatic heterocycles. The van der Waals surface area contributed by atoms with Crippen LogP contribution in [0.5, 0.6) is 0 Å². The average molecular weight is 277 g/mol. The van der Waals surface area contributed by atoms with Crippen molar-refractivity contribution in [2.75, 3.05) is 0 Å².